The molecule has 2 heterocycles. The molecule has 4 heteroatoms. The Kier molecular flexibility index (Phi) is 3.79. The quantitative estimate of drug-likeness (QED) is 0.780. The van der Waals surface area contributed by atoms with Gasteiger partial charge in [-0.05, 0) is 30.5 Å². The van der Waals surface area contributed by atoms with Gasteiger partial charge in [-0.2, -0.15) is 5.10 Å². The van der Waals surface area contributed by atoms with Crippen LogP contribution in [0.15, 0.2) is 24.5 Å². The third kappa shape index (κ3) is 2.34. The Bertz CT molecular complexity index is 505. The van der Waals surface area contributed by atoms with Crippen LogP contribution >= 0.6 is 11.6 Å². The van der Waals surface area contributed by atoms with Crippen molar-refractivity contribution in [2.45, 2.75) is 32.6 Å². The lowest BCUT2D eigenvalue weighted by Gasteiger charge is -2.09. The van der Waals surface area contributed by atoms with Gasteiger partial charge in [0.15, 0.2) is 0 Å². The molecular weight excluding hydrogens is 234 g/mol. The van der Waals surface area contributed by atoms with Gasteiger partial charge < -0.3 is 0 Å². The molecule has 0 aliphatic rings. The lowest BCUT2D eigenvalue weighted by molar-refractivity contribution is 0.784. The van der Waals surface area contributed by atoms with Crippen LogP contribution in [-0.2, 0) is 18.7 Å². The largest absolute Gasteiger partial charge is 0.262 e. The summed E-state index contributed by atoms with van der Waals surface area (Å²) in [7, 11) is 0. The van der Waals surface area contributed by atoms with Crippen LogP contribution in [0.25, 0.3) is 5.69 Å². The second-order valence-corrected chi connectivity index (χ2v) is 4.15. The number of pyridine rings is 1. The lowest BCUT2D eigenvalue weighted by Crippen LogP contribution is -2.05. The third-order valence-corrected chi connectivity index (χ3v) is 3.11. The molecule has 0 spiro atoms. The minimum absolute atomic E-state index is 0.475. The van der Waals surface area contributed by atoms with E-state index in [1.165, 1.54) is 5.69 Å². The van der Waals surface area contributed by atoms with Crippen molar-refractivity contribution in [2.75, 3.05) is 0 Å². The van der Waals surface area contributed by atoms with Gasteiger partial charge in [0.1, 0.15) is 0 Å². The molecule has 90 valence electrons. The fourth-order valence-corrected chi connectivity index (χ4v) is 2.05. The highest BCUT2D eigenvalue weighted by molar-refractivity contribution is 6.17. The smallest absolute Gasteiger partial charge is 0.0876 e. The van der Waals surface area contributed by atoms with Crippen LogP contribution < -0.4 is 0 Å². The molecule has 0 aromatic carbocycles. The van der Waals surface area contributed by atoms with Gasteiger partial charge in [-0.25, -0.2) is 4.68 Å². The zero-order valence-electron chi connectivity index (χ0n) is 10.2. The van der Waals surface area contributed by atoms with E-state index in [4.69, 9.17) is 11.6 Å². The predicted molar refractivity (Wildman–Crippen MR) is 69.7 cm³/mol. The van der Waals surface area contributed by atoms with Crippen molar-refractivity contribution < 1.29 is 0 Å². The fraction of sp³-hybridized carbons (Fsp3) is 0.385. The molecule has 0 fully saturated rings. The minimum Gasteiger partial charge on any atom is -0.262 e. The van der Waals surface area contributed by atoms with Gasteiger partial charge in [0.2, 0.25) is 0 Å². The molecule has 2 aromatic heterocycles. The first-order valence-electron chi connectivity index (χ1n) is 5.87. The summed E-state index contributed by atoms with van der Waals surface area (Å²) in [5, 5.41) is 4.60. The van der Waals surface area contributed by atoms with E-state index in [0.29, 0.717) is 5.88 Å². The topological polar surface area (TPSA) is 30.7 Å². The molecule has 0 atom stereocenters. The highest BCUT2D eigenvalue weighted by Crippen LogP contribution is 2.18. The van der Waals surface area contributed by atoms with Crippen molar-refractivity contribution in [3.8, 4) is 5.69 Å². The van der Waals surface area contributed by atoms with Crippen molar-refractivity contribution in [1.29, 1.82) is 0 Å². The predicted octanol–water partition coefficient (Wildman–Crippen LogP) is 3.13. The van der Waals surface area contributed by atoms with E-state index >= 15 is 0 Å². The second-order valence-electron chi connectivity index (χ2n) is 3.88. The Morgan fingerprint density at radius 1 is 1.29 bits per heavy atom. The molecule has 3 nitrogen and oxygen atoms in total. The number of rotatable bonds is 4. The van der Waals surface area contributed by atoms with Crippen LogP contribution in [0, 0.1) is 0 Å². The number of alkyl halides is 1. The van der Waals surface area contributed by atoms with Gasteiger partial charge in [0, 0.05) is 17.8 Å². The standard InChI is InChI=1S/C13H16ClN3/c1-3-11-7-12(4-2)17(16-11)13-9-15-6-5-10(13)8-14/h5-7,9H,3-4,8H2,1-2H3. The Morgan fingerprint density at radius 3 is 2.76 bits per heavy atom. The minimum atomic E-state index is 0.475. The molecule has 0 unspecified atom stereocenters. The Morgan fingerprint density at radius 2 is 2.12 bits per heavy atom. The highest BCUT2D eigenvalue weighted by Gasteiger charge is 2.10. The Hall–Kier alpha value is -1.35. The first kappa shape index (κ1) is 12.1. The molecule has 0 saturated heterocycles. The molecule has 17 heavy (non-hydrogen) atoms. The summed E-state index contributed by atoms with van der Waals surface area (Å²) < 4.78 is 1.96. The summed E-state index contributed by atoms with van der Waals surface area (Å²) in [4.78, 5) is 4.16. The maximum atomic E-state index is 5.95. The molecule has 0 amide bonds. The summed E-state index contributed by atoms with van der Waals surface area (Å²) in [5.74, 6) is 0.475. The molecule has 2 aromatic rings. The average Bonchev–Trinajstić information content (AvgIpc) is 2.81. The zero-order valence-corrected chi connectivity index (χ0v) is 10.9. The van der Waals surface area contributed by atoms with Crippen LogP contribution in [0.2, 0.25) is 0 Å². The van der Waals surface area contributed by atoms with Crippen LogP contribution in [0.5, 0.6) is 0 Å². The van der Waals surface area contributed by atoms with E-state index < -0.39 is 0 Å². The Balaban J connectivity index is 2.54. The van der Waals surface area contributed by atoms with Crippen LogP contribution in [-0.4, -0.2) is 14.8 Å². The lowest BCUT2D eigenvalue weighted by atomic mass is 10.2. The van der Waals surface area contributed by atoms with Gasteiger partial charge in [-0.15, -0.1) is 11.6 Å². The summed E-state index contributed by atoms with van der Waals surface area (Å²) in [6.45, 7) is 4.24. The third-order valence-electron chi connectivity index (χ3n) is 2.82. The van der Waals surface area contributed by atoms with Crippen LogP contribution in [0.3, 0.4) is 0 Å². The zero-order chi connectivity index (χ0) is 12.3. The summed E-state index contributed by atoms with van der Waals surface area (Å²) in [5.41, 5.74) is 4.34. The monoisotopic (exact) mass is 249 g/mol. The number of nitrogens with zero attached hydrogens (tertiary/aromatic N) is 3. The molecule has 2 rings (SSSR count). The van der Waals surface area contributed by atoms with Gasteiger partial charge in [-0.1, -0.05) is 13.8 Å². The van der Waals surface area contributed by atoms with Gasteiger partial charge in [0.25, 0.3) is 0 Å². The first-order chi connectivity index (χ1) is 8.30. The number of hydrogen-bond donors (Lipinski definition) is 0. The van der Waals surface area contributed by atoms with E-state index in [2.05, 4.69) is 30.0 Å². The summed E-state index contributed by atoms with van der Waals surface area (Å²) in [6.07, 6.45) is 5.47. The van der Waals surface area contributed by atoms with E-state index in [1.807, 2.05) is 16.9 Å². The number of aryl methyl sites for hydroxylation is 2. The molecule has 0 bridgehead atoms. The van der Waals surface area contributed by atoms with Crippen molar-refractivity contribution in [3.05, 3.63) is 41.5 Å². The van der Waals surface area contributed by atoms with Crippen molar-refractivity contribution in [3.63, 3.8) is 0 Å². The summed E-state index contributed by atoms with van der Waals surface area (Å²) in [6, 6.07) is 4.08. The molecule has 0 saturated carbocycles. The van der Waals surface area contributed by atoms with Crippen LogP contribution in [0.4, 0.5) is 0 Å². The van der Waals surface area contributed by atoms with Gasteiger partial charge in [-0.3, -0.25) is 4.98 Å². The second kappa shape index (κ2) is 5.32. The first-order valence-corrected chi connectivity index (χ1v) is 6.40. The van der Waals surface area contributed by atoms with E-state index in [-0.39, 0.29) is 0 Å². The maximum absolute atomic E-state index is 5.95. The number of halogens is 1. The SMILES string of the molecule is CCc1cc(CC)n(-c2cnccc2CCl)n1. The average molecular weight is 250 g/mol. The molecule has 0 radical (unpaired) electrons. The molecule has 0 aliphatic carbocycles. The highest BCUT2D eigenvalue weighted by atomic mass is 35.5. The fourth-order valence-electron chi connectivity index (χ4n) is 1.83. The van der Waals surface area contributed by atoms with Crippen LogP contribution in [0.1, 0.15) is 30.8 Å². The molecular formula is C13H16ClN3. The van der Waals surface area contributed by atoms with Gasteiger partial charge >= 0.3 is 0 Å². The van der Waals surface area contributed by atoms with Gasteiger partial charge in [0.05, 0.1) is 17.6 Å². The van der Waals surface area contributed by atoms with E-state index in [9.17, 15) is 0 Å². The number of hydrogen-bond acceptors (Lipinski definition) is 2. The Labute approximate surface area is 106 Å². The van der Waals surface area contributed by atoms with E-state index in [1.54, 1.807) is 6.20 Å². The molecule has 0 N–H and O–H groups in total. The van der Waals surface area contributed by atoms with E-state index in [0.717, 1.165) is 29.8 Å². The van der Waals surface area contributed by atoms with Crippen molar-refractivity contribution >= 4 is 11.6 Å². The summed E-state index contributed by atoms with van der Waals surface area (Å²) >= 11 is 5.95. The van der Waals surface area contributed by atoms with Crippen molar-refractivity contribution in [1.82, 2.24) is 14.8 Å². The normalized spacial score (nSPS) is 10.8. The van der Waals surface area contributed by atoms with Crippen molar-refractivity contribution in [2.24, 2.45) is 0 Å². The maximum Gasteiger partial charge on any atom is 0.0876 e. The molecule has 0 aliphatic heterocycles. The number of aromatic nitrogens is 3.